The number of halogens is 1. The van der Waals surface area contributed by atoms with Crippen LogP contribution in [0.4, 0.5) is 0 Å². The molecule has 0 spiro atoms. The molecule has 0 saturated carbocycles. The van der Waals surface area contributed by atoms with Crippen molar-refractivity contribution in [3.63, 3.8) is 0 Å². The highest BCUT2D eigenvalue weighted by atomic mass is 35.5. The van der Waals surface area contributed by atoms with Crippen molar-refractivity contribution in [2.75, 3.05) is 19.6 Å². The first-order valence-electron chi connectivity index (χ1n) is 8.07. The molecule has 0 unspecified atom stereocenters. The molecule has 1 atom stereocenters. The number of hydrogen-bond acceptors (Lipinski definition) is 2. The number of rotatable bonds is 5. The molecule has 1 amide bonds. The van der Waals surface area contributed by atoms with Gasteiger partial charge in [-0.05, 0) is 49.7 Å². The van der Waals surface area contributed by atoms with Gasteiger partial charge in [-0.2, -0.15) is 0 Å². The first-order valence-corrected chi connectivity index (χ1v) is 8.45. The lowest BCUT2D eigenvalue weighted by atomic mass is 10.1. The molecule has 3 nitrogen and oxygen atoms in total. The Kier molecular flexibility index (Phi) is 5.31. The molecule has 1 heterocycles. The minimum atomic E-state index is -0.0400. The molecular weight excluding hydrogens is 308 g/mol. The quantitative estimate of drug-likeness (QED) is 0.902. The summed E-state index contributed by atoms with van der Waals surface area (Å²) in [6, 6.07) is 17.4. The second-order valence-electron chi connectivity index (χ2n) is 5.86. The normalized spacial score (nSPS) is 16.2. The van der Waals surface area contributed by atoms with Crippen molar-refractivity contribution < 1.29 is 4.79 Å². The van der Waals surface area contributed by atoms with Crippen LogP contribution in [0.15, 0.2) is 54.6 Å². The van der Waals surface area contributed by atoms with Crippen molar-refractivity contribution in [1.82, 2.24) is 10.2 Å². The zero-order chi connectivity index (χ0) is 16.1. The summed E-state index contributed by atoms with van der Waals surface area (Å²) in [5, 5.41) is 3.82. The van der Waals surface area contributed by atoms with Crippen molar-refractivity contribution in [3.05, 3.63) is 70.7 Å². The molecule has 4 heteroatoms. The zero-order valence-corrected chi connectivity index (χ0v) is 13.8. The van der Waals surface area contributed by atoms with Gasteiger partial charge in [0.1, 0.15) is 0 Å². The smallest absolute Gasteiger partial charge is 0.251 e. The van der Waals surface area contributed by atoms with Gasteiger partial charge in [0.05, 0.1) is 6.04 Å². The third-order valence-corrected chi connectivity index (χ3v) is 4.68. The average molecular weight is 329 g/mol. The lowest BCUT2D eigenvalue weighted by molar-refractivity contribution is 0.0938. The van der Waals surface area contributed by atoms with Crippen LogP contribution in [-0.4, -0.2) is 30.4 Å². The summed E-state index contributed by atoms with van der Waals surface area (Å²) < 4.78 is 0. The summed E-state index contributed by atoms with van der Waals surface area (Å²) >= 11 is 6.39. The minimum absolute atomic E-state index is 0.0400. The molecule has 0 radical (unpaired) electrons. The van der Waals surface area contributed by atoms with Gasteiger partial charge in [-0.1, -0.05) is 48.0 Å². The van der Waals surface area contributed by atoms with Crippen molar-refractivity contribution in [2.24, 2.45) is 0 Å². The number of carbonyl (C=O) groups excluding carboxylic acids is 1. The van der Waals surface area contributed by atoms with E-state index in [2.05, 4.69) is 16.3 Å². The molecule has 1 aliphatic heterocycles. The van der Waals surface area contributed by atoms with Crippen molar-refractivity contribution in [2.45, 2.75) is 18.9 Å². The summed E-state index contributed by atoms with van der Waals surface area (Å²) in [7, 11) is 0. The molecule has 23 heavy (non-hydrogen) atoms. The summed E-state index contributed by atoms with van der Waals surface area (Å²) in [5.74, 6) is -0.0400. The SMILES string of the molecule is O=C(NC[C@@H](c1ccccc1Cl)N1CCCC1)c1ccccc1. The van der Waals surface area contributed by atoms with E-state index in [4.69, 9.17) is 11.6 Å². The van der Waals surface area contributed by atoms with Crippen LogP contribution in [-0.2, 0) is 0 Å². The van der Waals surface area contributed by atoms with E-state index in [1.165, 1.54) is 12.8 Å². The molecule has 1 N–H and O–H groups in total. The van der Waals surface area contributed by atoms with Crippen molar-refractivity contribution >= 4 is 17.5 Å². The maximum Gasteiger partial charge on any atom is 0.251 e. The van der Waals surface area contributed by atoms with Crippen LogP contribution in [0.25, 0.3) is 0 Å². The number of carbonyl (C=O) groups is 1. The van der Waals surface area contributed by atoms with Gasteiger partial charge >= 0.3 is 0 Å². The van der Waals surface area contributed by atoms with Crippen LogP contribution in [0.2, 0.25) is 5.02 Å². The highest BCUT2D eigenvalue weighted by Gasteiger charge is 2.25. The second-order valence-corrected chi connectivity index (χ2v) is 6.26. The second kappa shape index (κ2) is 7.62. The van der Waals surface area contributed by atoms with Gasteiger partial charge in [-0.25, -0.2) is 0 Å². The van der Waals surface area contributed by atoms with Crippen molar-refractivity contribution in [1.29, 1.82) is 0 Å². The van der Waals surface area contributed by atoms with Gasteiger partial charge < -0.3 is 5.32 Å². The largest absolute Gasteiger partial charge is 0.350 e. The molecular formula is C19H21ClN2O. The summed E-state index contributed by atoms with van der Waals surface area (Å²) in [5.41, 5.74) is 1.77. The Morgan fingerprint density at radius 1 is 1.04 bits per heavy atom. The Labute approximate surface area is 142 Å². The Balaban J connectivity index is 1.74. The van der Waals surface area contributed by atoms with Crippen LogP contribution in [0.3, 0.4) is 0 Å². The Hall–Kier alpha value is -1.84. The fraction of sp³-hybridized carbons (Fsp3) is 0.316. The van der Waals surface area contributed by atoms with Gasteiger partial charge in [-0.15, -0.1) is 0 Å². The molecule has 1 saturated heterocycles. The average Bonchev–Trinajstić information content (AvgIpc) is 3.11. The van der Waals surface area contributed by atoms with E-state index in [0.29, 0.717) is 12.1 Å². The molecule has 1 fully saturated rings. The third kappa shape index (κ3) is 3.92. The standard InChI is InChI=1S/C19H21ClN2O/c20-17-11-5-4-10-16(17)18(22-12-6-7-13-22)14-21-19(23)15-8-2-1-3-9-15/h1-5,8-11,18H,6-7,12-14H2,(H,21,23)/t18-/m0/s1. The molecule has 2 aromatic rings. The van der Waals surface area contributed by atoms with E-state index in [1.54, 1.807) is 0 Å². The van der Waals surface area contributed by atoms with E-state index in [1.807, 2.05) is 48.5 Å². The van der Waals surface area contributed by atoms with Crippen LogP contribution in [0, 0.1) is 0 Å². The van der Waals surface area contributed by atoms with E-state index < -0.39 is 0 Å². The number of hydrogen-bond donors (Lipinski definition) is 1. The number of benzene rings is 2. The van der Waals surface area contributed by atoms with Crippen LogP contribution in [0.1, 0.15) is 34.8 Å². The Bertz CT molecular complexity index is 653. The fourth-order valence-corrected chi connectivity index (χ4v) is 3.38. The van der Waals surface area contributed by atoms with E-state index in [0.717, 1.165) is 23.7 Å². The molecule has 120 valence electrons. The summed E-state index contributed by atoms with van der Waals surface area (Å²) in [4.78, 5) is 14.7. The van der Waals surface area contributed by atoms with Gasteiger partial charge in [0.2, 0.25) is 0 Å². The minimum Gasteiger partial charge on any atom is -0.350 e. The number of nitrogens with one attached hydrogen (secondary N) is 1. The molecule has 0 aliphatic carbocycles. The van der Waals surface area contributed by atoms with Gasteiger partial charge in [0, 0.05) is 17.1 Å². The summed E-state index contributed by atoms with van der Waals surface area (Å²) in [6.07, 6.45) is 2.40. The maximum absolute atomic E-state index is 12.3. The fourth-order valence-electron chi connectivity index (χ4n) is 3.12. The highest BCUT2D eigenvalue weighted by molar-refractivity contribution is 6.31. The van der Waals surface area contributed by atoms with Crippen LogP contribution < -0.4 is 5.32 Å². The van der Waals surface area contributed by atoms with Gasteiger partial charge in [0.25, 0.3) is 5.91 Å². The molecule has 0 bridgehead atoms. The first kappa shape index (κ1) is 16.0. The number of likely N-dealkylation sites (tertiary alicyclic amines) is 1. The number of amides is 1. The molecule has 2 aromatic carbocycles. The van der Waals surface area contributed by atoms with Crippen LogP contribution in [0.5, 0.6) is 0 Å². The summed E-state index contributed by atoms with van der Waals surface area (Å²) in [6.45, 7) is 2.67. The Morgan fingerprint density at radius 2 is 1.70 bits per heavy atom. The van der Waals surface area contributed by atoms with Crippen LogP contribution >= 0.6 is 11.6 Å². The zero-order valence-electron chi connectivity index (χ0n) is 13.0. The topological polar surface area (TPSA) is 32.3 Å². The first-order chi connectivity index (χ1) is 11.3. The molecule has 3 rings (SSSR count). The maximum atomic E-state index is 12.3. The number of nitrogens with zero attached hydrogens (tertiary/aromatic N) is 1. The molecule has 0 aromatic heterocycles. The highest BCUT2D eigenvalue weighted by Crippen LogP contribution is 2.29. The lowest BCUT2D eigenvalue weighted by Gasteiger charge is -2.29. The van der Waals surface area contributed by atoms with Gasteiger partial charge in [-0.3, -0.25) is 9.69 Å². The van der Waals surface area contributed by atoms with E-state index >= 15 is 0 Å². The van der Waals surface area contributed by atoms with Gasteiger partial charge in [0.15, 0.2) is 0 Å². The monoisotopic (exact) mass is 328 g/mol. The molecule has 1 aliphatic rings. The predicted octanol–water partition coefficient (Wildman–Crippen LogP) is 3.91. The lowest BCUT2D eigenvalue weighted by Crippen LogP contribution is -2.37. The van der Waals surface area contributed by atoms with E-state index in [9.17, 15) is 4.79 Å². The predicted molar refractivity (Wildman–Crippen MR) is 93.8 cm³/mol. The third-order valence-electron chi connectivity index (χ3n) is 4.34. The van der Waals surface area contributed by atoms with Crippen molar-refractivity contribution in [3.8, 4) is 0 Å². The van der Waals surface area contributed by atoms with E-state index in [-0.39, 0.29) is 11.9 Å². The Morgan fingerprint density at radius 3 is 2.39 bits per heavy atom.